The van der Waals surface area contributed by atoms with Gasteiger partial charge in [0, 0.05) is 32.7 Å². The van der Waals surface area contributed by atoms with Crippen molar-refractivity contribution in [2.45, 2.75) is 25.9 Å². The molecule has 0 radical (unpaired) electrons. The number of hydrogen-bond acceptors (Lipinski definition) is 5. The summed E-state index contributed by atoms with van der Waals surface area (Å²) in [5.41, 5.74) is 0. The lowest BCUT2D eigenvalue weighted by atomic mass is 9.99. The number of hydrogen-bond donors (Lipinski definition) is 1. The van der Waals surface area contributed by atoms with Crippen molar-refractivity contribution in [2.75, 3.05) is 59.5 Å². The molecule has 2 fully saturated rings. The first-order chi connectivity index (χ1) is 10.9. The summed E-state index contributed by atoms with van der Waals surface area (Å²) in [6.07, 6.45) is 2.15. The third-order valence-electron chi connectivity index (χ3n) is 4.64. The fraction of sp³-hybridized carbons (Fsp3) is 0.875. The molecule has 1 N–H and O–H groups in total. The van der Waals surface area contributed by atoms with Crippen LogP contribution in [0.1, 0.15) is 19.8 Å². The summed E-state index contributed by atoms with van der Waals surface area (Å²) in [6.45, 7) is 7.02. The summed E-state index contributed by atoms with van der Waals surface area (Å²) in [5.74, 6) is 0.0858. The van der Waals surface area contributed by atoms with Crippen LogP contribution in [0.4, 0.5) is 0 Å². The van der Waals surface area contributed by atoms with Gasteiger partial charge in [-0.05, 0) is 25.8 Å². The van der Waals surface area contributed by atoms with Crippen molar-refractivity contribution in [3.63, 3.8) is 0 Å². The molecule has 0 aromatic rings. The average Bonchev–Trinajstić information content (AvgIpc) is 2.47. The number of piperidine rings is 1. The molecule has 0 spiro atoms. The molecule has 0 bridgehead atoms. The maximum Gasteiger partial charge on any atom is 0.317 e. The fourth-order valence-corrected chi connectivity index (χ4v) is 3.23. The van der Waals surface area contributed by atoms with Crippen LogP contribution in [0.25, 0.3) is 0 Å². The molecule has 1 unspecified atom stereocenters. The number of rotatable bonds is 6. The number of carbonyl (C=O) groups is 2. The molecule has 0 saturated carbocycles. The van der Waals surface area contributed by atoms with Crippen LogP contribution in [0.2, 0.25) is 0 Å². The summed E-state index contributed by atoms with van der Waals surface area (Å²) >= 11 is 0. The Morgan fingerprint density at radius 2 is 1.96 bits per heavy atom. The van der Waals surface area contributed by atoms with Crippen LogP contribution in [-0.2, 0) is 14.3 Å². The van der Waals surface area contributed by atoms with E-state index in [0.717, 1.165) is 38.4 Å². The predicted molar refractivity (Wildman–Crippen MR) is 86.3 cm³/mol. The number of aliphatic carboxylic acids is 1. The third kappa shape index (κ3) is 6.08. The lowest BCUT2D eigenvalue weighted by molar-refractivity contribution is -0.138. The monoisotopic (exact) mass is 327 g/mol. The standard InChI is InChI=1S/C16H29N3O4/c1-13-3-5-19(6-4-13)15(20)11-18-7-8-23-14(10-18)9-17(2)12-16(21)22/h13-14H,3-12H2,1-2H3,(H,21,22). The van der Waals surface area contributed by atoms with Gasteiger partial charge in [-0.25, -0.2) is 0 Å². The highest BCUT2D eigenvalue weighted by Crippen LogP contribution is 2.16. The fourth-order valence-electron chi connectivity index (χ4n) is 3.23. The van der Waals surface area contributed by atoms with E-state index < -0.39 is 5.97 Å². The predicted octanol–water partition coefficient (Wildman–Crippen LogP) is -0.0379. The molecule has 0 aromatic heterocycles. The van der Waals surface area contributed by atoms with Gasteiger partial charge in [0.2, 0.25) is 5.91 Å². The number of ether oxygens (including phenoxy) is 1. The van der Waals surface area contributed by atoms with Gasteiger partial charge in [-0.1, -0.05) is 6.92 Å². The number of carboxylic acid groups (broad SMARTS) is 1. The van der Waals surface area contributed by atoms with Crippen molar-refractivity contribution in [1.82, 2.24) is 14.7 Å². The Morgan fingerprint density at radius 1 is 1.26 bits per heavy atom. The Hall–Kier alpha value is -1.18. The molecule has 0 aliphatic carbocycles. The van der Waals surface area contributed by atoms with Gasteiger partial charge in [-0.3, -0.25) is 19.4 Å². The highest BCUT2D eigenvalue weighted by Gasteiger charge is 2.26. The zero-order chi connectivity index (χ0) is 16.8. The van der Waals surface area contributed by atoms with Crippen LogP contribution < -0.4 is 0 Å². The Kier molecular flexibility index (Phi) is 6.80. The highest BCUT2D eigenvalue weighted by molar-refractivity contribution is 5.78. The number of nitrogens with zero attached hydrogens (tertiary/aromatic N) is 3. The van der Waals surface area contributed by atoms with E-state index >= 15 is 0 Å². The lowest BCUT2D eigenvalue weighted by Crippen LogP contribution is -2.51. The van der Waals surface area contributed by atoms with E-state index in [2.05, 4.69) is 11.8 Å². The highest BCUT2D eigenvalue weighted by atomic mass is 16.5. The van der Waals surface area contributed by atoms with E-state index in [1.165, 1.54) is 0 Å². The van der Waals surface area contributed by atoms with E-state index in [9.17, 15) is 9.59 Å². The van der Waals surface area contributed by atoms with Crippen molar-refractivity contribution in [2.24, 2.45) is 5.92 Å². The quantitative estimate of drug-likeness (QED) is 0.738. The van der Waals surface area contributed by atoms with E-state index in [0.29, 0.717) is 26.2 Å². The minimum Gasteiger partial charge on any atom is -0.480 e. The van der Waals surface area contributed by atoms with Crippen molar-refractivity contribution >= 4 is 11.9 Å². The minimum absolute atomic E-state index is 0.00472. The smallest absolute Gasteiger partial charge is 0.317 e. The molecular formula is C16H29N3O4. The molecule has 1 amide bonds. The number of likely N-dealkylation sites (tertiary alicyclic amines) is 1. The van der Waals surface area contributed by atoms with Crippen LogP contribution in [0.3, 0.4) is 0 Å². The summed E-state index contributed by atoms with van der Waals surface area (Å²) in [7, 11) is 1.77. The summed E-state index contributed by atoms with van der Waals surface area (Å²) in [4.78, 5) is 29.0. The van der Waals surface area contributed by atoms with Gasteiger partial charge in [0.05, 0.1) is 25.8 Å². The van der Waals surface area contributed by atoms with Gasteiger partial charge in [-0.15, -0.1) is 0 Å². The number of likely N-dealkylation sites (N-methyl/N-ethyl adjacent to an activating group) is 1. The summed E-state index contributed by atoms with van der Waals surface area (Å²) in [5, 5.41) is 8.80. The first kappa shape index (κ1) is 18.2. The van der Waals surface area contributed by atoms with Crippen molar-refractivity contribution in [1.29, 1.82) is 0 Å². The second-order valence-corrected chi connectivity index (χ2v) is 6.88. The molecule has 2 rings (SSSR count). The van der Waals surface area contributed by atoms with Crippen molar-refractivity contribution < 1.29 is 19.4 Å². The molecule has 2 heterocycles. The molecule has 2 aliphatic rings. The summed E-state index contributed by atoms with van der Waals surface area (Å²) < 4.78 is 5.70. The molecule has 1 atom stereocenters. The van der Waals surface area contributed by atoms with Crippen LogP contribution >= 0.6 is 0 Å². The molecule has 23 heavy (non-hydrogen) atoms. The van der Waals surface area contributed by atoms with Crippen molar-refractivity contribution in [3.05, 3.63) is 0 Å². The van der Waals surface area contributed by atoms with E-state index in [-0.39, 0.29) is 18.6 Å². The number of morpholine rings is 1. The van der Waals surface area contributed by atoms with Crippen LogP contribution in [0.15, 0.2) is 0 Å². The Morgan fingerprint density at radius 3 is 2.61 bits per heavy atom. The Balaban J connectivity index is 1.75. The SMILES string of the molecule is CC1CCN(C(=O)CN2CCOC(CN(C)CC(=O)O)C2)CC1. The minimum atomic E-state index is -0.838. The van der Waals surface area contributed by atoms with Crippen molar-refractivity contribution in [3.8, 4) is 0 Å². The second kappa shape index (κ2) is 8.61. The van der Waals surface area contributed by atoms with Crippen LogP contribution in [0, 0.1) is 5.92 Å². The van der Waals surface area contributed by atoms with Crippen LogP contribution in [0.5, 0.6) is 0 Å². The molecule has 2 aliphatic heterocycles. The third-order valence-corrected chi connectivity index (χ3v) is 4.64. The second-order valence-electron chi connectivity index (χ2n) is 6.88. The van der Waals surface area contributed by atoms with Gasteiger partial charge in [0.25, 0.3) is 0 Å². The average molecular weight is 327 g/mol. The number of carbonyl (C=O) groups excluding carboxylic acids is 1. The van der Waals surface area contributed by atoms with E-state index in [1.54, 1.807) is 11.9 Å². The Bertz CT molecular complexity index is 410. The van der Waals surface area contributed by atoms with E-state index in [4.69, 9.17) is 9.84 Å². The molecule has 0 aromatic carbocycles. The normalized spacial score (nSPS) is 24.1. The zero-order valence-electron chi connectivity index (χ0n) is 14.2. The summed E-state index contributed by atoms with van der Waals surface area (Å²) in [6, 6.07) is 0. The van der Waals surface area contributed by atoms with Gasteiger partial charge in [-0.2, -0.15) is 0 Å². The maximum atomic E-state index is 12.4. The maximum absolute atomic E-state index is 12.4. The molecular weight excluding hydrogens is 298 g/mol. The lowest BCUT2D eigenvalue weighted by Gasteiger charge is -2.36. The van der Waals surface area contributed by atoms with Crippen LogP contribution in [-0.4, -0.2) is 97.3 Å². The molecule has 7 heteroatoms. The van der Waals surface area contributed by atoms with E-state index in [1.807, 2.05) is 4.90 Å². The van der Waals surface area contributed by atoms with Gasteiger partial charge >= 0.3 is 5.97 Å². The van der Waals surface area contributed by atoms with Gasteiger partial charge in [0.1, 0.15) is 0 Å². The molecule has 2 saturated heterocycles. The number of carboxylic acids is 1. The molecule has 7 nitrogen and oxygen atoms in total. The zero-order valence-corrected chi connectivity index (χ0v) is 14.2. The molecule has 132 valence electrons. The van der Waals surface area contributed by atoms with Gasteiger partial charge < -0.3 is 14.7 Å². The largest absolute Gasteiger partial charge is 0.480 e. The first-order valence-electron chi connectivity index (χ1n) is 8.46. The number of amides is 1. The first-order valence-corrected chi connectivity index (χ1v) is 8.46. The van der Waals surface area contributed by atoms with Gasteiger partial charge in [0.15, 0.2) is 0 Å². The Labute approximate surface area is 138 Å². The topological polar surface area (TPSA) is 73.3 Å².